The molecule has 1 heterocycles. The number of sulfonamides is 1. The molecule has 3 aliphatic rings. The van der Waals surface area contributed by atoms with Crippen molar-refractivity contribution >= 4 is 15.9 Å². The average Bonchev–Trinajstić information content (AvgIpc) is 2.99. The van der Waals surface area contributed by atoms with Crippen LogP contribution in [0, 0.1) is 5.92 Å². The maximum atomic E-state index is 12.8. The number of hydrogen-bond donors (Lipinski definition) is 0. The average molecular weight is 328 g/mol. The van der Waals surface area contributed by atoms with Crippen LogP contribution in [0.3, 0.4) is 0 Å². The lowest BCUT2D eigenvalue weighted by Crippen LogP contribution is -2.52. The standard InChI is InChI=1S/C16H28N2O3S/c1-17(14-8-4-9-14)22(20,21)15-10-5-11-18(12-15)16(19)13-6-2-3-7-13/h13-15H,2-12H2,1H3/t15-/m0/s1. The highest BCUT2D eigenvalue weighted by atomic mass is 32.2. The Hall–Kier alpha value is -0.620. The van der Waals surface area contributed by atoms with Crippen LogP contribution in [0.1, 0.15) is 57.8 Å². The van der Waals surface area contributed by atoms with Gasteiger partial charge >= 0.3 is 0 Å². The van der Waals surface area contributed by atoms with Crippen LogP contribution < -0.4 is 0 Å². The van der Waals surface area contributed by atoms with Gasteiger partial charge in [0.15, 0.2) is 0 Å². The van der Waals surface area contributed by atoms with Gasteiger partial charge in [-0.3, -0.25) is 4.79 Å². The van der Waals surface area contributed by atoms with Gasteiger partial charge in [0.1, 0.15) is 0 Å². The molecule has 0 N–H and O–H groups in total. The second kappa shape index (κ2) is 6.48. The molecule has 0 spiro atoms. The van der Waals surface area contributed by atoms with Crippen LogP contribution in [-0.4, -0.2) is 55.0 Å². The van der Waals surface area contributed by atoms with Crippen molar-refractivity contribution in [2.45, 2.75) is 69.1 Å². The highest BCUT2D eigenvalue weighted by Crippen LogP contribution is 2.31. The lowest BCUT2D eigenvalue weighted by molar-refractivity contribution is -0.136. The quantitative estimate of drug-likeness (QED) is 0.793. The largest absolute Gasteiger partial charge is 0.341 e. The number of amides is 1. The van der Waals surface area contributed by atoms with Gasteiger partial charge in [0.25, 0.3) is 0 Å². The second-order valence-corrected chi connectivity index (χ2v) is 9.45. The van der Waals surface area contributed by atoms with E-state index in [1.54, 1.807) is 11.4 Å². The second-order valence-electron chi connectivity index (χ2n) is 7.18. The third kappa shape index (κ3) is 3.04. The number of hydrogen-bond acceptors (Lipinski definition) is 3. The van der Waals surface area contributed by atoms with E-state index in [0.717, 1.165) is 57.9 Å². The summed E-state index contributed by atoms with van der Waals surface area (Å²) < 4.78 is 27.2. The van der Waals surface area contributed by atoms with Gasteiger partial charge in [-0.25, -0.2) is 12.7 Å². The summed E-state index contributed by atoms with van der Waals surface area (Å²) in [5, 5.41) is -0.405. The third-order valence-electron chi connectivity index (χ3n) is 5.81. The van der Waals surface area contributed by atoms with E-state index in [0.29, 0.717) is 13.0 Å². The SMILES string of the molecule is CN(C1CCC1)S(=O)(=O)[C@H]1CCCN(C(=O)C2CCCC2)C1. The highest BCUT2D eigenvalue weighted by molar-refractivity contribution is 7.89. The Kier molecular flexibility index (Phi) is 4.78. The number of carbonyl (C=O) groups excluding carboxylic acids is 1. The number of rotatable bonds is 4. The fourth-order valence-electron chi connectivity index (χ4n) is 4.01. The molecular formula is C16H28N2O3S. The molecule has 2 saturated carbocycles. The summed E-state index contributed by atoms with van der Waals surface area (Å²) in [5.74, 6) is 0.342. The first-order valence-corrected chi connectivity index (χ1v) is 10.3. The molecular weight excluding hydrogens is 300 g/mol. The minimum atomic E-state index is -3.27. The fraction of sp³-hybridized carbons (Fsp3) is 0.938. The van der Waals surface area contributed by atoms with Crippen LogP contribution in [0.25, 0.3) is 0 Å². The van der Waals surface area contributed by atoms with Gasteiger partial charge in [0.2, 0.25) is 15.9 Å². The Balaban J connectivity index is 1.65. The molecule has 3 fully saturated rings. The summed E-state index contributed by atoms with van der Waals surface area (Å²) in [4.78, 5) is 14.4. The van der Waals surface area contributed by atoms with E-state index in [9.17, 15) is 13.2 Å². The normalized spacial score (nSPS) is 28.1. The molecule has 0 bridgehead atoms. The molecule has 6 heteroatoms. The fourth-order valence-corrected chi connectivity index (χ4v) is 5.94. The van der Waals surface area contributed by atoms with Gasteiger partial charge in [0.05, 0.1) is 5.25 Å². The van der Waals surface area contributed by atoms with Crippen molar-refractivity contribution in [2.75, 3.05) is 20.1 Å². The van der Waals surface area contributed by atoms with E-state index in [-0.39, 0.29) is 17.9 Å². The lowest BCUT2D eigenvalue weighted by Gasteiger charge is -2.39. The van der Waals surface area contributed by atoms with Crippen LogP contribution in [0.4, 0.5) is 0 Å². The molecule has 0 aromatic heterocycles. The van der Waals surface area contributed by atoms with Crippen LogP contribution >= 0.6 is 0 Å². The highest BCUT2D eigenvalue weighted by Gasteiger charge is 2.40. The smallest absolute Gasteiger partial charge is 0.225 e. The zero-order valence-corrected chi connectivity index (χ0v) is 14.4. The Labute approximate surface area is 134 Å². The summed E-state index contributed by atoms with van der Waals surface area (Å²) in [6, 6.07) is 0.186. The molecule has 126 valence electrons. The Morgan fingerprint density at radius 1 is 1.00 bits per heavy atom. The molecule has 1 amide bonds. The first kappa shape index (κ1) is 16.2. The first-order valence-electron chi connectivity index (χ1n) is 8.76. The van der Waals surface area contributed by atoms with E-state index < -0.39 is 15.3 Å². The summed E-state index contributed by atoms with van der Waals surface area (Å²) in [6.45, 7) is 1.13. The summed E-state index contributed by atoms with van der Waals surface area (Å²) in [7, 11) is -1.55. The molecule has 3 rings (SSSR count). The zero-order valence-electron chi connectivity index (χ0n) is 13.5. The Morgan fingerprint density at radius 2 is 1.68 bits per heavy atom. The van der Waals surface area contributed by atoms with Crippen molar-refractivity contribution < 1.29 is 13.2 Å². The predicted molar refractivity (Wildman–Crippen MR) is 85.9 cm³/mol. The molecule has 1 atom stereocenters. The van der Waals surface area contributed by atoms with Crippen molar-refractivity contribution in [3.8, 4) is 0 Å². The maximum absolute atomic E-state index is 12.8. The van der Waals surface area contributed by atoms with Crippen molar-refractivity contribution in [3.05, 3.63) is 0 Å². The van der Waals surface area contributed by atoms with Crippen LogP contribution in [0.5, 0.6) is 0 Å². The topological polar surface area (TPSA) is 57.7 Å². The molecule has 22 heavy (non-hydrogen) atoms. The van der Waals surface area contributed by atoms with Gasteiger partial charge in [-0.15, -0.1) is 0 Å². The minimum absolute atomic E-state index is 0.144. The first-order chi connectivity index (χ1) is 10.5. The molecule has 0 unspecified atom stereocenters. The Bertz CT molecular complexity index is 509. The lowest BCUT2D eigenvalue weighted by atomic mass is 9.93. The monoisotopic (exact) mass is 328 g/mol. The Morgan fingerprint density at radius 3 is 2.27 bits per heavy atom. The molecule has 1 saturated heterocycles. The molecule has 0 aromatic carbocycles. The maximum Gasteiger partial charge on any atom is 0.225 e. The summed E-state index contributed by atoms with van der Waals surface area (Å²) in [6.07, 6.45) is 8.81. The van der Waals surface area contributed by atoms with E-state index in [1.807, 2.05) is 4.90 Å². The molecule has 5 nitrogen and oxygen atoms in total. The van der Waals surface area contributed by atoms with E-state index in [1.165, 1.54) is 0 Å². The molecule has 0 aromatic rings. The molecule has 0 radical (unpaired) electrons. The van der Waals surface area contributed by atoms with Crippen LogP contribution in [0.2, 0.25) is 0 Å². The van der Waals surface area contributed by atoms with Crippen LogP contribution in [-0.2, 0) is 14.8 Å². The summed E-state index contributed by atoms with van der Waals surface area (Å²) in [5.41, 5.74) is 0. The van der Waals surface area contributed by atoms with Crippen molar-refractivity contribution in [3.63, 3.8) is 0 Å². The van der Waals surface area contributed by atoms with Gasteiger partial charge in [-0.05, 0) is 38.5 Å². The molecule has 1 aliphatic heterocycles. The van der Waals surface area contributed by atoms with Crippen molar-refractivity contribution in [1.29, 1.82) is 0 Å². The van der Waals surface area contributed by atoms with Gasteiger partial charge in [-0.2, -0.15) is 0 Å². The van der Waals surface area contributed by atoms with Crippen LogP contribution in [0.15, 0.2) is 0 Å². The number of likely N-dealkylation sites (tertiary alicyclic amines) is 1. The minimum Gasteiger partial charge on any atom is -0.341 e. The van der Waals surface area contributed by atoms with Gasteiger partial charge in [-0.1, -0.05) is 19.3 Å². The van der Waals surface area contributed by atoms with E-state index in [2.05, 4.69) is 0 Å². The van der Waals surface area contributed by atoms with Gasteiger partial charge < -0.3 is 4.90 Å². The number of piperidine rings is 1. The van der Waals surface area contributed by atoms with Crippen molar-refractivity contribution in [2.24, 2.45) is 5.92 Å². The van der Waals surface area contributed by atoms with Gasteiger partial charge in [0, 0.05) is 32.1 Å². The third-order valence-corrected chi connectivity index (χ3v) is 8.13. The summed E-state index contributed by atoms with van der Waals surface area (Å²) >= 11 is 0. The van der Waals surface area contributed by atoms with E-state index >= 15 is 0 Å². The van der Waals surface area contributed by atoms with Crippen molar-refractivity contribution in [1.82, 2.24) is 9.21 Å². The van der Waals surface area contributed by atoms with E-state index in [4.69, 9.17) is 0 Å². The molecule has 2 aliphatic carbocycles. The predicted octanol–water partition coefficient (Wildman–Crippen LogP) is 1.98. The number of carbonyl (C=O) groups is 1. The zero-order chi connectivity index (χ0) is 15.7. The number of nitrogens with zero attached hydrogens (tertiary/aromatic N) is 2.